The molecule has 1 N–H and O–H groups in total. The molecule has 0 unspecified atom stereocenters. The molecule has 156 valence electrons. The molecule has 1 aliphatic carbocycles. The van der Waals surface area contributed by atoms with Crippen LogP contribution in [-0.2, 0) is 16.0 Å². The number of rotatable bonds is 8. The standard InChI is InChI=1S/C21H27N3O5/c1-3-8-23(11-14-4-5-14)18(25)12-24-19(26)21(2,22-20(24)27)10-15-6-7-16-17(9-15)29-13-28-16/h6-7,9,14H,3-5,8,10-13H2,1-2H3,(H,22,27)/t21-/m0/s1. The Bertz CT molecular complexity index is 838. The fourth-order valence-corrected chi connectivity index (χ4v) is 3.90. The van der Waals surface area contributed by atoms with Gasteiger partial charge in [-0.05, 0) is 49.8 Å². The Labute approximate surface area is 170 Å². The van der Waals surface area contributed by atoms with Crippen molar-refractivity contribution in [3.63, 3.8) is 0 Å². The Kier molecular flexibility index (Phi) is 5.10. The number of carbonyl (C=O) groups is 3. The molecule has 1 saturated carbocycles. The highest BCUT2D eigenvalue weighted by atomic mass is 16.7. The van der Waals surface area contributed by atoms with Crippen LogP contribution >= 0.6 is 0 Å². The van der Waals surface area contributed by atoms with Gasteiger partial charge in [-0.2, -0.15) is 0 Å². The molecule has 1 atom stereocenters. The van der Waals surface area contributed by atoms with E-state index in [-0.39, 0.29) is 25.2 Å². The number of benzene rings is 1. The van der Waals surface area contributed by atoms with Gasteiger partial charge in [0, 0.05) is 19.5 Å². The van der Waals surface area contributed by atoms with Crippen LogP contribution in [0.5, 0.6) is 11.5 Å². The molecule has 3 aliphatic rings. The second kappa shape index (κ2) is 7.57. The van der Waals surface area contributed by atoms with Crippen LogP contribution in [0.4, 0.5) is 4.79 Å². The zero-order valence-corrected chi connectivity index (χ0v) is 16.9. The molecule has 8 heteroatoms. The van der Waals surface area contributed by atoms with E-state index in [1.807, 2.05) is 19.1 Å². The monoisotopic (exact) mass is 401 g/mol. The molecule has 0 radical (unpaired) electrons. The minimum Gasteiger partial charge on any atom is -0.454 e. The summed E-state index contributed by atoms with van der Waals surface area (Å²) >= 11 is 0. The molecule has 2 aliphatic heterocycles. The summed E-state index contributed by atoms with van der Waals surface area (Å²) < 4.78 is 10.7. The molecule has 0 aromatic heterocycles. The lowest BCUT2D eigenvalue weighted by Crippen LogP contribution is -2.47. The molecule has 1 saturated heterocycles. The Morgan fingerprint density at radius 3 is 2.76 bits per heavy atom. The van der Waals surface area contributed by atoms with Gasteiger partial charge in [0.05, 0.1) is 0 Å². The smallest absolute Gasteiger partial charge is 0.325 e. The van der Waals surface area contributed by atoms with Gasteiger partial charge >= 0.3 is 6.03 Å². The van der Waals surface area contributed by atoms with Crippen molar-refractivity contribution in [2.24, 2.45) is 5.92 Å². The van der Waals surface area contributed by atoms with Gasteiger partial charge in [-0.1, -0.05) is 13.0 Å². The lowest BCUT2D eigenvalue weighted by Gasteiger charge is -2.25. The van der Waals surface area contributed by atoms with Gasteiger partial charge < -0.3 is 19.7 Å². The van der Waals surface area contributed by atoms with Crippen molar-refractivity contribution in [1.82, 2.24) is 15.1 Å². The average molecular weight is 401 g/mol. The predicted molar refractivity (Wildman–Crippen MR) is 105 cm³/mol. The summed E-state index contributed by atoms with van der Waals surface area (Å²) in [4.78, 5) is 41.1. The van der Waals surface area contributed by atoms with E-state index in [9.17, 15) is 14.4 Å². The second-order valence-corrected chi connectivity index (χ2v) is 8.30. The van der Waals surface area contributed by atoms with Crippen LogP contribution in [0.25, 0.3) is 0 Å². The quantitative estimate of drug-likeness (QED) is 0.673. The second-order valence-electron chi connectivity index (χ2n) is 8.30. The van der Waals surface area contributed by atoms with E-state index in [2.05, 4.69) is 5.32 Å². The van der Waals surface area contributed by atoms with Crippen molar-refractivity contribution in [3.05, 3.63) is 23.8 Å². The number of imide groups is 1. The van der Waals surface area contributed by atoms with E-state index in [0.717, 1.165) is 29.7 Å². The molecule has 2 fully saturated rings. The SMILES string of the molecule is CCCN(CC1CC1)C(=O)CN1C(=O)N[C@@](C)(Cc2ccc3c(c2)OCO3)C1=O. The maximum absolute atomic E-state index is 13.0. The molecule has 29 heavy (non-hydrogen) atoms. The number of urea groups is 1. The Hall–Kier alpha value is -2.77. The number of amides is 4. The Morgan fingerprint density at radius 1 is 1.28 bits per heavy atom. The van der Waals surface area contributed by atoms with Crippen LogP contribution in [0, 0.1) is 5.92 Å². The number of hydrogen-bond donors (Lipinski definition) is 1. The van der Waals surface area contributed by atoms with Crippen molar-refractivity contribution in [2.75, 3.05) is 26.4 Å². The molecule has 4 amide bonds. The highest BCUT2D eigenvalue weighted by molar-refractivity contribution is 6.09. The number of fused-ring (bicyclic) bond motifs is 1. The fraction of sp³-hybridized carbons (Fsp3) is 0.571. The van der Waals surface area contributed by atoms with Crippen LogP contribution < -0.4 is 14.8 Å². The summed E-state index contributed by atoms with van der Waals surface area (Å²) in [6.07, 6.45) is 3.44. The third-order valence-electron chi connectivity index (χ3n) is 5.65. The summed E-state index contributed by atoms with van der Waals surface area (Å²) in [7, 11) is 0. The molecule has 0 spiro atoms. The third-order valence-corrected chi connectivity index (χ3v) is 5.65. The van der Waals surface area contributed by atoms with Crippen LogP contribution in [-0.4, -0.2) is 59.6 Å². The van der Waals surface area contributed by atoms with Crippen molar-refractivity contribution < 1.29 is 23.9 Å². The largest absolute Gasteiger partial charge is 0.454 e. The van der Waals surface area contributed by atoms with Gasteiger partial charge in [0.2, 0.25) is 12.7 Å². The first kappa shape index (κ1) is 19.5. The zero-order chi connectivity index (χ0) is 20.6. The first-order valence-electron chi connectivity index (χ1n) is 10.2. The van der Waals surface area contributed by atoms with Gasteiger partial charge in [-0.3, -0.25) is 14.5 Å². The summed E-state index contributed by atoms with van der Waals surface area (Å²) in [5.41, 5.74) is -0.253. The third kappa shape index (κ3) is 4.02. The van der Waals surface area contributed by atoms with Crippen molar-refractivity contribution in [2.45, 2.75) is 45.1 Å². The van der Waals surface area contributed by atoms with E-state index in [1.165, 1.54) is 0 Å². The van der Waals surface area contributed by atoms with Crippen LogP contribution in [0.1, 0.15) is 38.7 Å². The van der Waals surface area contributed by atoms with Gasteiger partial charge in [-0.25, -0.2) is 4.79 Å². The highest BCUT2D eigenvalue weighted by Crippen LogP contribution is 2.34. The summed E-state index contributed by atoms with van der Waals surface area (Å²) in [5, 5.41) is 2.77. The lowest BCUT2D eigenvalue weighted by atomic mass is 9.92. The van der Waals surface area contributed by atoms with Crippen molar-refractivity contribution in [1.29, 1.82) is 0 Å². The molecule has 4 rings (SSSR count). The number of ether oxygens (including phenoxy) is 2. The topological polar surface area (TPSA) is 88.2 Å². The highest BCUT2D eigenvalue weighted by Gasteiger charge is 2.48. The molecule has 0 bridgehead atoms. The van der Waals surface area contributed by atoms with Gasteiger partial charge in [0.25, 0.3) is 5.91 Å². The van der Waals surface area contributed by atoms with E-state index in [1.54, 1.807) is 17.9 Å². The first-order chi connectivity index (χ1) is 13.9. The maximum Gasteiger partial charge on any atom is 0.325 e. The number of nitrogens with one attached hydrogen (secondary N) is 1. The summed E-state index contributed by atoms with van der Waals surface area (Å²) in [5.74, 6) is 1.31. The average Bonchev–Trinajstić information content (AvgIpc) is 3.33. The molecular weight excluding hydrogens is 374 g/mol. The van der Waals surface area contributed by atoms with Gasteiger partial charge in [0.1, 0.15) is 12.1 Å². The molecule has 8 nitrogen and oxygen atoms in total. The first-order valence-corrected chi connectivity index (χ1v) is 10.2. The van der Waals surface area contributed by atoms with E-state index in [4.69, 9.17) is 9.47 Å². The van der Waals surface area contributed by atoms with Crippen molar-refractivity contribution in [3.8, 4) is 11.5 Å². The van der Waals surface area contributed by atoms with Crippen LogP contribution in [0.2, 0.25) is 0 Å². The fourth-order valence-electron chi connectivity index (χ4n) is 3.90. The normalized spacial score (nSPS) is 22.8. The number of carbonyl (C=O) groups excluding carboxylic acids is 3. The van der Waals surface area contributed by atoms with E-state index >= 15 is 0 Å². The van der Waals surface area contributed by atoms with Crippen LogP contribution in [0.3, 0.4) is 0 Å². The summed E-state index contributed by atoms with van der Waals surface area (Å²) in [6.45, 7) is 5.03. The van der Waals surface area contributed by atoms with Gasteiger partial charge in [-0.15, -0.1) is 0 Å². The zero-order valence-electron chi connectivity index (χ0n) is 16.9. The van der Waals surface area contributed by atoms with E-state index in [0.29, 0.717) is 36.9 Å². The summed E-state index contributed by atoms with van der Waals surface area (Å²) in [6, 6.07) is 4.95. The van der Waals surface area contributed by atoms with Crippen molar-refractivity contribution >= 4 is 17.8 Å². The Balaban J connectivity index is 1.43. The molecule has 2 heterocycles. The maximum atomic E-state index is 13.0. The molecular formula is C21H27N3O5. The number of hydrogen-bond acceptors (Lipinski definition) is 5. The lowest BCUT2D eigenvalue weighted by molar-refractivity contribution is -0.138. The van der Waals surface area contributed by atoms with Crippen LogP contribution in [0.15, 0.2) is 18.2 Å². The van der Waals surface area contributed by atoms with E-state index < -0.39 is 11.6 Å². The minimum absolute atomic E-state index is 0.172. The Morgan fingerprint density at radius 2 is 2.03 bits per heavy atom. The number of nitrogens with zero attached hydrogens (tertiary/aromatic N) is 2. The molecule has 1 aromatic rings. The predicted octanol–water partition coefficient (Wildman–Crippen LogP) is 1.92. The molecule has 1 aromatic carbocycles. The van der Waals surface area contributed by atoms with Gasteiger partial charge in [0.15, 0.2) is 11.5 Å². The minimum atomic E-state index is -1.10.